The molecule has 0 bridgehead atoms. The third-order valence-corrected chi connectivity index (χ3v) is 5.52. The molecule has 186 valence electrons. The number of carbonyl (C=O) groups excluding carboxylic acids is 1. The summed E-state index contributed by atoms with van der Waals surface area (Å²) in [5.41, 5.74) is -2.28. The van der Waals surface area contributed by atoms with E-state index >= 15 is 0 Å². The van der Waals surface area contributed by atoms with E-state index in [1.165, 1.54) is 29.8 Å². The van der Waals surface area contributed by atoms with E-state index in [1.807, 2.05) is 0 Å². The number of hydrogen-bond acceptors (Lipinski definition) is 6. The molecule has 4 rings (SSSR count). The maximum absolute atomic E-state index is 14.6. The van der Waals surface area contributed by atoms with E-state index in [1.54, 1.807) is 0 Å². The smallest absolute Gasteiger partial charge is 0.419 e. The zero-order valence-electron chi connectivity index (χ0n) is 17.9. The Hall–Kier alpha value is -3.68. The molecule has 1 aliphatic rings. The molecule has 0 saturated carbocycles. The number of nitrogens with zero attached hydrogens (tertiary/aromatic N) is 5. The summed E-state index contributed by atoms with van der Waals surface area (Å²) in [5, 5.41) is 18.0. The summed E-state index contributed by atoms with van der Waals surface area (Å²) < 4.78 is 85.0. The molecule has 8 nitrogen and oxygen atoms in total. The molecule has 1 amide bonds. The molecule has 2 unspecified atom stereocenters. The van der Waals surface area contributed by atoms with E-state index in [-0.39, 0.29) is 29.6 Å². The van der Waals surface area contributed by atoms with Gasteiger partial charge in [-0.1, -0.05) is 6.07 Å². The summed E-state index contributed by atoms with van der Waals surface area (Å²) in [6.45, 7) is -2.31. The SMILES string of the molecule is CC1c2nnc(-c3cc(OC(F)F)ccn3)n2CC(CO)N1C(=O)c1cccc(C(F)(F)F)c1F. The minimum Gasteiger partial charge on any atom is -0.435 e. The summed E-state index contributed by atoms with van der Waals surface area (Å²) in [6, 6.07) is 2.86. The van der Waals surface area contributed by atoms with Gasteiger partial charge in [0.15, 0.2) is 11.6 Å². The Morgan fingerprint density at radius 3 is 2.66 bits per heavy atom. The Labute approximate surface area is 193 Å². The Morgan fingerprint density at radius 1 is 1.26 bits per heavy atom. The van der Waals surface area contributed by atoms with Crippen LogP contribution in [0.2, 0.25) is 0 Å². The number of rotatable bonds is 5. The third kappa shape index (κ3) is 4.52. The van der Waals surface area contributed by atoms with Crippen molar-refractivity contribution in [2.75, 3.05) is 6.61 Å². The number of pyridine rings is 1. The summed E-state index contributed by atoms with van der Waals surface area (Å²) in [5.74, 6) is -2.67. The fourth-order valence-electron chi connectivity index (χ4n) is 3.99. The van der Waals surface area contributed by atoms with E-state index in [4.69, 9.17) is 0 Å². The van der Waals surface area contributed by atoms with Gasteiger partial charge in [-0.25, -0.2) is 4.39 Å². The van der Waals surface area contributed by atoms with Crippen LogP contribution in [-0.4, -0.2) is 54.9 Å². The number of halogens is 6. The van der Waals surface area contributed by atoms with Crippen LogP contribution < -0.4 is 4.74 Å². The minimum absolute atomic E-state index is 0.119. The molecule has 35 heavy (non-hydrogen) atoms. The van der Waals surface area contributed by atoms with Gasteiger partial charge in [-0.05, 0) is 25.1 Å². The van der Waals surface area contributed by atoms with Gasteiger partial charge in [0.2, 0.25) is 0 Å². The number of alkyl halides is 5. The second-order valence-electron chi connectivity index (χ2n) is 7.64. The van der Waals surface area contributed by atoms with Crippen LogP contribution in [0.25, 0.3) is 11.5 Å². The van der Waals surface area contributed by atoms with Crippen LogP contribution in [0.5, 0.6) is 5.75 Å². The monoisotopic (exact) mass is 501 g/mol. The normalized spacial score (nSPS) is 18.0. The van der Waals surface area contributed by atoms with Crippen LogP contribution in [0.15, 0.2) is 36.5 Å². The first-order valence-corrected chi connectivity index (χ1v) is 10.2. The van der Waals surface area contributed by atoms with Gasteiger partial charge in [-0.15, -0.1) is 10.2 Å². The van der Waals surface area contributed by atoms with E-state index in [2.05, 4.69) is 19.9 Å². The van der Waals surface area contributed by atoms with Crippen molar-refractivity contribution in [2.45, 2.75) is 38.3 Å². The zero-order valence-corrected chi connectivity index (χ0v) is 17.9. The Kier molecular flexibility index (Phi) is 6.40. The number of fused-ring (bicyclic) bond motifs is 1. The van der Waals surface area contributed by atoms with Crippen LogP contribution in [0, 0.1) is 5.82 Å². The maximum Gasteiger partial charge on any atom is 0.419 e. The van der Waals surface area contributed by atoms with E-state index in [0.717, 1.165) is 17.0 Å². The van der Waals surface area contributed by atoms with Gasteiger partial charge in [-0.3, -0.25) is 9.78 Å². The van der Waals surface area contributed by atoms with Crippen LogP contribution in [0.4, 0.5) is 26.3 Å². The van der Waals surface area contributed by atoms with Gasteiger partial charge >= 0.3 is 12.8 Å². The third-order valence-electron chi connectivity index (χ3n) is 5.52. The van der Waals surface area contributed by atoms with Crippen molar-refractivity contribution in [3.05, 3.63) is 59.3 Å². The van der Waals surface area contributed by atoms with Crippen LogP contribution in [-0.2, 0) is 12.7 Å². The van der Waals surface area contributed by atoms with Gasteiger partial charge in [0, 0.05) is 18.8 Å². The highest BCUT2D eigenvalue weighted by molar-refractivity contribution is 5.95. The average molecular weight is 501 g/mol. The number of amides is 1. The molecular weight excluding hydrogens is 484 g/mol. The van der Waals surface area contributed by atoms with Gasteiger partial charge in [-0.2, -0.15) is 22.0 Å². The molecule has 0 saturated heterocycles. The lowest BCUT2D eigenvalue weighted by atomic mass is 10.0. The van der Waals surface area contributed by atoms with E-state index in [0.29, 0.717) is 6.07 Å². The molecule has 0 fully saturated rings. The molecule has 1 N–H and O–H groups in total. The summed E-state index contributed by atoms with van der Waals surface area (Å²) >= 11 is 0. The van der Waals surface area contributed by atoms with Crippen LogP contribution >= 0.6 is 0 Å². The predicted molar refractivity (Wildman–Crippen MR) is 107 cm³/mol. The number of aliphatic hydroxyl groups is 1. The fraction of sp³-hybridized carbons (Fsp3) is 0.333. The van der Waals surface area contributed by atoms with Crippen molar-refractivity contribution in [3.8, 4) is 17.3 Å². The first-order valence-electron chi connectivity index (χ1n) is 10.2. The lowest BCUT2D eigenvalue weighted by molar-refractivity contribution is -0.140. The number of hydrogen-bond donors (Lipinski definition) is 1. The molecule has 3 aromatic rings. The first kappa shape index (κ1) is 24.4. The van der Waals surface area contributed by atoms with Gasteiger partial charge in [0.25, 0.3) is 5.91 Å². The molecule has 14 heteroatoms. The predicted octanol–water partition coefficient (Wildman–Crippen LogP) is 3.68. The molecule has 0 radical (unpaired) electrons. The minimum atomic E-state index is -5.01. The Balaban J connectivity index is 1.71. The zero-order chi connectivity index (χ0) is 25.5. The highest BCUT2D eigenvalue weighted by Gasteiger charge is 2.41. The molecule has 2 aromatic heterocycles. The largest absolute Gasteiger partial charge is 0.435 e. The molecule has 2 atom stereocenters. The topological polar surface area (TPSA) is 93.4 Å². The van der Waals surface area contributed by atoms with Gasteiger partial charge in [0.1, 0.15) is 17.3 Å². The van der Waals surface area contributed by atoms with Crippen molar-refractivity contribution in [1.82, 2.24) is 24.6 Å². The number of carbonyl (C=O) groups is 1. The molecular formula is C21H17F6N5O3. The van der Waals surface area contributed by atoms with Crippen LogP contribution in [0.3, 0.4) is 0 Å². The summed E-state index contributed by atoms with van der Waals surface area (Å²) in [4.78, 5) is 18.3. The van der Waals surface area contributed by atoms with E-state index in [9.17, 15) is 36.2 Å². The first-order chi connectivity index (χ1) is 16.5. The summed E-state index contributed by atoms with van der Waals surface area (Å²) in [7, 11) is 0. The summed E-state index contributed by atoms with van der Waals surface area (Å²) in [6.07, 6.45) is -3.79. The van der Waals surface area contributed by atoms with Crippen molar-refractivity contribution in [3.63, 3.8) is 0 Å². The quantitative estimate of drug-likeness (QED) is 0.537. The number of benzene rings is 1. The highest BCUT2D eigenvalue weighted by atomic mass is 19.4. The fourth-order valence-corrected chi connectivity index (χ4v) is 3.99. The molecule has 0 spiro atoms. The van der Waals surface area contributed by atoms with Crippen molar-refractivity contribution in [2.24, 2.45) is 0 Å². The average Bonchev–Trinajstić information content (AvgIpc) is 3.22. The van der Waals surface area contributed by atoms with Crippen LogP contribution in [0.1, 0.15) is 34.7 Å². The van der Waals surface area contributed by atoms with E-state index < -0.39 is 54.3 Å². The van der Waals surface area contributed by atoms with Crippen molar-refractivity contribution < 1.29 is 41.0 Å². The Morgan fingerprint density at radius 2 is 2.00 bits per heavy atom. The lowest BCUT2D eigenvalue weighted by Gasteiger charge is -2.40. The van der Waals surface area contributed by atoms with Gasteiger partial charge in [0.05, 0.1) is 29.8 Å². The molecule has 3 heterocycles. The standard InChI is InChI=1S/C21H17F6N5O3/c1-10-17-29-30-18(15-7-12(5-6-28-15)35-20(23)24)31(17)8-11(9-33)32(10)19(34)13-3-2-4-14(16(13)22)21(25,26)27/h2-7,10-11,20,33H,8-9H2,1H3. The van der Waals surface area contributed by atoms with Crippen molar-refractivity contribution >= 4 is 5.91 Å². The van der Waals surface area contributed by atoms with Gasteiger partial charge < -0.3 is 19.3 Å². The maximum atomic E-state index is 14.6. The molecule has 1 aromatic carbocycles. The second-order valence-corrected chi connectivity index (χ2v) is 7.64. The van der Waals surface area contributed by atoms with Crippen molar-refractivity contribution in [1.29, 1.82) is 0 Å². The Bertz CT molecular complexity index is 1250. The molecule has 1 aliphatic heterocycles. The molecule has 0 aliphatic carbocycles. The number of ether oxygens (including phenoxy) is 1. The highest BCUT2D eigenvalue weighted by Crippen LogP contribution is 2.36. The lowest BCUT2D eigenvalue weighted by Crippen LogP contribution is -2.50. The second kappa shape index (κ2) is 9.17. The number of aromatic nitrogens is 4. The number of aliphatic hydroxyl groups excluding tert-OH is 1.